The molecule has 0 aromatic heterocycles. The second-order valence-electron chi connectivity index (χ2n) is 5.48. The molecule has 16 heavy (non-hydrogen) atoms. The van der Waals surface area contributed by atoms with Crippen LogP contribution in [0.1, 0.15) is 33.1 Å². The summed E-state index contributed by atoms with van der Waals surface area (Å²) in [6.45, 7) is 6.60. The van der Waals surface area contributed by atoms with Crippen LogP contribution < -0.4 is 5.32 Å². The molecule has 2 amide bonds. The molecule has 0 saturated carbocycles. The second-order valence-corrected chi connectivity index (χ2v) is 5.48. The highest BCUT2D eigenvalue weighted by Gasteiger charge is 2.40. The summed E-state index contributed by atoms with van der Waals surface area (Å²) < 4.78 is 0. The van der Waals surface area contributed by atoms with E-state index in [0.717, 1.165) is 25.9 Å². The first-order valence-corrected chi connectivity index (χ1v) is 6.07. The molecule has 0 spiro atoms. The van der Waals surface area contributed by atoms with E-state index in [0.29, 0.717) is 13.0 Å². The zero-order chi connectivity index (χ0) is 11.8. The van der Waals surface area contributed by atoms with Crippen LogP contribution in [0, 0.1) is 11.3 Å². The number of nitrogens with one attached hydrogen (secondary N) is 1. The summed E-state index contributed by atoms with van der Waals surface area (Å²) in [5.41, 5.74) is 0.112. The number of imide groups is 1. The molecule has 2 saturated heterocycles. The van der Waals surface area contributed by atoms with Crippen molar-refractivity contribution in [2.24, 2.45) is 11.3 Å². The number of rotatable bonds is 2. The number of hydrogen-bond acceptors (Lipinski definition) is 3. The first-order valence-electron chi connectivity index (χ1n) is 6.07. The van der Waals surface area contributed by atoms with Gasteiger partial charge in [0.25, 0.3) is 0 Å². The van der Waals surface area contributed by atoms with Crippen LogP contribution in [0.15, 0.2) is 0 Å². The molecule has 0 bridgehead atoms. The van der Waals surface area contributed by atoms with E-state index in [2.05, 4.69) is 12.2 Å². The maximum atomic E-state index is 11.8. The molecule has 0 aliphatic carbocycles. The summed E-state index contributed by atoms with van der Waals surface area (Å²) in [6.07, 6.45) is 2.48. The van der Waals surface area contributed by atoms with E-state index in [1.165, 1.54) is 4.90 Å². The molecule has 2 heterocycles. The van der Waals surface area contributed by atoms with Gasteiger partial charge >= 0.3 is 0 Å². The fourth-order valence-electron chi connectivity index (χ4n) is 2.58. The van der Waals surface area contributed by atoms with Gasteiger partial charge in [0.05, 0.1) is 0 Å². The zero-order valence-electron chi connectivity index (χ0n) is 10.1. The molecule has 1 atom stereocenters. The van der Waals surface area contributed by atoms with E-state index in [4.69, 9.17) is 0 Å². The average Bonchev–Trinajstić information content (AvgIpc) is 2.46. The molecule has 0 aromatic rings. The lowest BCUT2D eigenvalue weighted by molar-refractivity contribution is -0.141. The van der Waals surface area contributed by atoms with Gasteiger partial charge in [-0.3, -0.25) is 14.5 Å². The third-order valence-corrected chi connectivity index (χ3v) is 3.82. The van der Waals surface area contributed by atoms with Crippen molar-refractivity contribution in [2.45, 2.75) is 33.1 Å². The number of hydrogen-bond donors (Lipinski definition) is 1. The Morgan fingerprint density at radius 1 is 1.38 bits per heavy atom. The van der Waals surface area contributed by atoms with E-state index in [1.807, 2.05) is 6.92 Å². The van der Waals surface area contributed by atoms with E-state index in [9.17, 15) is 9.59 Å². The number of carbonyl (C=O) groups is 2. The molecule has 1 N–H and O–H groups in total. The van der Waals surface area contributed by atoms with E-state index in [1.54, 1.807) is 0 Å². The van der Waals surface area contributed by atoms with Gasteiger partial charge in [0.2, 0.25) is 11.8 Å². The van der Waals surface area contributed by atoms with E-state index >= 15 is 0 Å². The Hall–Kier alpha value is -0.900. The number of likely N-dealkylation sites (tertiary alicyclic amines) is 1. The molecule has 90 valence electrons. The average molecular weight is 224 g/mol. The standard InChI is InChI=1S/C12H20N2O2/c1-9-7-10(15)14(11(9)16)8-12(2)3-5-13-6-4-12/h9,13H,3-8H2,1-2H3. The quantitative estimate of drug-likeness (QED) is 0.705. The molecule has 2 aliphatic heterocycles. The summed E-state index contributed by atoms with van der Waals surface area (Å²) in [4.78, 5) is 25.0. The summed E-state index contributed by atoms with van der Waals surface area (Å²) >= 11 is 0. The fraction of sp³-hybridized carbons (Fsp3) is 0.833. The highest BCUT2D eigenvalue weighted by molar-refractivity contribution is 6.03. The van der Waals surface area contributed by atoms with Crippen LogP contribution in [0.25, 0.3) is 0 Å². The SMILES string of the molecule is CC1CC(=O)N(CC2(C)CCNCC2)C1=O. The minimum absolute atomic E-state index is 0.0113. The van der Waals surface area contributed by atoms with Gasteiger partial charge in [-0.05, 0) is 31.3 Å². The highest BCUT2D eigenvalue weighted by atomic mass is 16.2. The normalized spacial score (nSPS) is 29.9. The first kappa shape index (κ1) is 11.6. The van der Waals surface area contributed by atoms with Crippen LogP contribution in [-0.4, -0.2) is 36.3 Å². The maximum absolute atomic E-state index is 11.8. The van der Waals surface area contributed by atoms with Gasteiger partial charge in [-0.25, -0.2) is 0 Å². The predicted octanol–water partition coefficient (Wildman–Crippen LogP) is 0.771. The second kappa shape index (κ2) is 4.17. The molecule has 4 nitrogen and oxygen atoms in total. The van der Waals surface area contributed by atoms with E-state index < -0.39 is 0 Å². The van der Waals surface area contributed by atoms with Crippen LogP contribution in [0.3, 0.4) is 0 Å². The number of piperidine rings is 1. The molecule has 0 aromatic carbocycles. The lowest BCUT2D eigenvalue weighted by atomic mass is 9.80. The van der Waals surface area contributed by atoms with Crippen molar-refractivity contribution < 1.29 is 9.59 Å². The Bertz CT molecular complexity index is 308. The summed E-state index contributed by atoms with van der Waals surface area (Å²) in [6, 6.07) is 0. The summed E-state index contributed by atoms with van der Waals surface area (Å²) in [5.74, 6) is -0.0835. The molecule has 2 rings (SSSR count). The third-order valence-electron chi connectivity index (χ3n) is 3.82. The highest BCUT2D eigenvalue weighted by Crippen LogP contribution is 2.31. The lowest BCUT2D eigenvalue weighted by Gasteiger charge is -2.36. The van der Waals surface area contributed by atoms with Crippen LogP contribution in [0.4, 0.5) is 0 Å². The van der Waals surface area contributed by atoms with E-state index in [-0.39, 0.29) is 23.1 Å². The zero-order valence-corrected chi connectivity index (χ0v) is 10.1. The Balaban J connectivity index is 2.03. The topological polar surface area (TPSA) is 49.4 Å². The number of nitrogens with zero attached hydrogens (tertiary/aromatic N) is 1. The van der Waals surface area contributed by atoms with Crippen molar-refractivity contribution in [2.75, 3.05) is 19.6 Å². The Labute approximate surface area is 96.4 Å². The smallest absolute Gasteiger partial charge is 0.232 e. The van der Waals surface area contributed by atoms with Gasteiger partial charge in [0, 0.05) is 18.9 Å². The number of amides is 2. The molecule has 0 radical (unpaired) electrons. The predicted molar refractivity (Wildman–Crippen MR) is 60.7 cm³/mol. The van der Waals surface area contributed by atoms with Gasteiger partial charge < -0.3 is 5.32 Å². The molecule has 4 heteroatoms. The Morgan fingerprint density at radius 3 is 2.50 bits per heavy atom. The minimum Gasteiger partial charge on any atom is -0.317 e. The van der Waals surface area contributed by atoms with Crippen molar-refractivity contribution in [1.29, 1.82) is 0 Å². The largest absolute Gasteiger partial charge is 0.317 e. The Kier molecular flexibility index (Phi) is 3.02. The van der Waals surface area contributed by atoms with Gasteiger partial charge in [0.1, 0.15) is 0 Å². The maximum Gasteiger partial charge on any atom is 0.232 e. The third kappa shape index (κ3) is 2.12. The molecular weight excluding hydrogens is 204 g/mol. The summed E-state index contributed by atoms with van der Waals surface area (Å²) in [5, 5.41) is 3.31. The molecule has 1 unspecified atom stereocenters. The van der Waals surface area contributed by atoms with Crippen LogP contribution in [0.2, 0.25) is 0 Å². The monoisotopic (exact) mass is 224 g/mol. The van der Waals surface area contributed by atoms with Crippen molar-refractivity contribution in [3.63, 3.8) is 0 Å². The van der Waals surface area contributed by atoms with Crippen molar-refractivity contribution in [3.8, 4) is 0 Å². The van der Waals surface area contributed by atoms with Gasteiger partial charge in [-0.15, -0.1) is 0 Å². The first-order chi connectivity index (χ1) is 7.52. The fourth-order valence-corrected chi connectivity index (χ4v) is 2.58. The minimum atomic E-state index is -0.113. The summed E-state index contributed by atoms with van der Waals surface area (Å²) in [7, 11) is 0. The van der Waals surface area contributed by atoms with Crippen LogP contribution >= 0.6 is 0 Å². The number of carbonyl (C=O) groups excluding carboxylic acids is 2. The van der Waals surface area contributed by atoms with Crippen molar-refractivity contribution in [3.05, 3.63) is 0 Å². The molecule has 2 aliphatic rings. The van der Waals surface area contributed by atoms with Crippen LogP contribution in [0.5, 0.6) is 0 Å². The van der Waals surface area contributed by atoms with Gasteiger partial charge in [-0.1, -0.05) is 13.8 Å². The molecule has 2 fully saturated rings. The lowest BCUT2D eigenvalue weighted by Crippen LogP contribution is -2.45. The molecular formula is C12H20N2O2. The van der Waals surface area contributed by atoms with Crippen LogP contribution in [-0.2, 0) is 9.59 Å². The van der Waals surface area contributed by atoms with Gasteiger partial charge in [0.15, 0.2) is 0 Å². The van der Waals surface area contributed by atoms with Crippen molar-refractivity contribution >= 4 is 11.8 Å². The van der Waals surface area contributed by atoms with Crippen molar-refractivity contribution in [1.82, 2.24) is 10.2 Å². The van der Waals surface area contributed by atoms with Gasteiger partial charge in [-0.2, -0.15) is 0 Å². The Morgan fingerprint density at radius 2 is 2.00 bits per heavy atom.